The molecule has 0 unspecified atom stereocenters. The molecule has 0 saturated carbocycles. The highest BCUT2D eigenvalue weighted by Gasteiger charge is 2.00. The summed E-state index contributed by atoms with van der Waals surface area (Å²) in [5.41, 5.74) is 8.74. The fourth-order valence-electron chi connectivity index (χ4n) is 0.971. The van der Waals surface area contributed by atoms with Crippen LogP contribution in [0.1, 0.15) is 5.56 Å². The zero-order valence-corrected chi connectivity index (χ0v) is 8.60. The van der Waals surface area contributed by atoms with Crippen molar-refractivity contribution >= 4 is 23.5 Å². The molecule has 1 rings (SSSR count). The van der Waals surface area contributed by atoms with Crippen LogP contribution in [-0.4, -0.2) is 18.4 Å². The van der Waals surface area contributed by atoms with E-state index in [1.165, 1.54) is 0 Å². The summed E-state index contributed by atoms with van der Waals surface area (Å²) in [6.07, 6.45) is 1.72. The lowest BCUT2D eigenvalue weighted by Gasteiger charge is -2.00. The molecule has 0 fully saturated rings. The summed E-state index contributed by atoms with van der Waals surface area (Å²) in [6, 6.07) is 7.59. The average molecular weight is 210 g/mol. The Balaban J connectivity index is 2.75. The van der Waals surface area contributed by atoms with Crippen LogP contribution < -0.4 is 21.0 Å². The molecular weight excluding hydrogens is 198 g/mol. The van der Waals surface area contributed by atoms with Crippen molar-refractivity contribution in [3.63, 3.8) is 0 Å². The minimum Gasteiger partial charge on any atom is -0.496 e. The number of benzene rings is 1. The van der Waals surface area contributed by atoms with Gasteiger partial charge in [0.05, 0.1) is 12.7 Å². The van der Waals surface area contributed by atoms with Gasteiger partial charge in [0.15, 0.2) is 0 Å². The molecule has 14 heavy (non-hydrogen) atoms. The summed E-state index contributed by atoms with van der Waals surface area (Å²) in [4.78, 5) is 0. The van der Waals surface area contributed by atoms with E-state index < -0.39 is 0 Å². The van der Waals surface area contributed by atoms with Gasteiger partial charge >= 0.3 is 0 Å². The third-order valence-corrected chi connectivity index (χ3v) is 1.66. The molecule has 0 atom stereocenters. The summed E-state index contributed by atoms with van der Waals surface area (Å²) < 4.78 is 5.14. The Morgan fingerprint density at radius 1 is 1.57 bits per heavy atom. The van der Waals surface area contributed by atoms with Gasteiger partial charge in [-0.25, -0.2) is 0 Å². The molecule has 0 aliphatic carbocycles. The van der Waals surface area contributed by atoms with E-state index in [0.717, 1.165) is 11.3 Å². The van der Waals surface area contributed by atoms with E-state index in [-0.39, 0.29) is 5.11 Å². The van der Waals surface area contributed by atoms with Crippen molar-refractivity contribution in [1.82, 2.24) is 5.43 Å². The molecule has 0 amide bonds. The van der Waals surface area contributed by atoms with E-state index in [0.29, 0.717) is 0 Å². The molecule has 0 aliphatic rings. The minimum atomic E-state index is 0.191. The van der Waals surface area contributed by atoms with Crippen molar-refractivity contribution in [2.75, 3.05) is 7.11 Å². The molecule has 0 bridgehead atoms. The number of hydrogen-bond acceptors (Lipinski definition) is 2. The Labute approximate surface area is 87.8 Å². The summed E-state index contributed by atoms with van der Waals surface area (Å²) >= 11 is 4.63. The van der Waals surface area contributed by atoms with Crippen molar-refractivity contribution in [1.29, 1.82) is 0 Å². The van der Waals surface area contributed by atoms with Crippen molar-refractivity contribution < 1.29 is 9.84 Å². The van der Waals surface area contributed by atoms with Gasteiger partial charge in [-0.1, -0.05) is 12.1 Å². The van der Waals surface area contributed by atoms with Crippen LogP contribution in [0.2, 0.25) is 0 Å². The number of nitrogens with one attached hydrogen (secondary N) is 2. The van der Waals surface area contributed by atoms with Gasteiger partial charge < -0.3 is 10.5 Å². The molecular formula is C9H12N3OS+. The first-order chi connectivity index (χ1) is 6.74. The standard InChI is InChI=1S/C9H11N3OS/c1-13-8-5-3-2-4-7(8)6-11-12-9(10)14/h2-6H,1H3,(H3,10,12,14)/p+1. The molecule has 0 spiro atoms. The maximum Gasteiger partial charge on any atom is 0.221 e. The number of ether oxygens (including phenoxy) is 1. The Hall–Kier alpha value is -1.62. The summed E-state index contributed by atoms with van der Waals surface area (Å²) in [6.45, 7) is 0. The van der Waals surface area contributed by atoms with Crippen molar-refractivity contribution in [2.24, 2.45) is 5.73 Å². The van der Waals surface area contributed by atoms with Gasteiger partial charge in [0.25, 0.3) is 0 Å². The van der Waals surface area contributed by atoms with E-state index in [1.807, 2.05) is 24.3 Å². The first kappa shape index (κ1) is 10.5. The molecule has 0 aromatic heterocycles. The van der Waals surface area contributed by atoms with E-state index in [1.54, 1.807) is 13.3 Å². The lowest BCUT2D eigenvalue weighted by atomic mass is 10.2. The number of hydrazine groups is 1. The van der Waals surface area contributed by atoms with Crippen LogP contribution in [0.25, 0.3) is 0 Å². The number of hydrazone groups is 1. The molecule has 4 nitrogen and oxygen atoms in total. The molecule has 0 heterocycles. The number of rotatable bonds is 3. The molecule has 0 aliphatic heterocycles. The van der Waals surface area contributed by atoms with E-state index in [4.69, 9.17) is 10.5 Å². The number of para-hydroxylation sites is 1. The third kappa shape index (κ3) is 3.02. The Morgan fingerprint density at radius 2 is 2.29 bits per heavy atom. The van der Waals surface area contributed by atoms with Crippen LogP contribution in [0.3, 0.4) is 0 Å². The fraction of sp³-hybridized carbons (Fsp3) is 0.111. The topological polar surface area (TPSA) is 61.2 Å². The van der Waals surface area contributed by atoms with Gasteiger partial charge in [0.1, 0.15) is 5.75 Å². The summed E-state index contributed by atoms with van der Waals surface area (Å²) in [5, 5.41) is 2.95. The summed E-state index contributed by atoms with van der Waals surface area (Å²) in [5.74, 6) is 0.782. The highest BCUT2D eigenvalue weighted by atomic mass is 32.1. The Kier molecular flexibility index (Phi) is 3.87. The molecule has 5 heteroatoms. The van der Waals surface area contributed by atoms with E-state index in [9.17, 15) is 0 Å². The Bertz CT molecular complexity index is 352. The lowest BCUT2D eigenvalue weighted by molar-refractivity contribution is -0.499. The molecule has 74 valence electrons. The second-order valence-electron chi connectivity index (χ2n) is 2.52. The number of hydrogen-bond donors (Lipinski definition) is 3. The zero-order chi connectivity index (χ0) is 10.4. The zero-order valence-electron chi connectivity index (χ0n) is 7.78. The number of nitrogens with two attached hydrogens (primary N) is 1. The minimum absolute atomic E-state index is 0.191. The third-order valence-electron chi connectivity index (χ3n) is 1.56. The quantitative estimate of drug-likeness (QED) is 0.338. The average Bonchev–Trinajstić information content (AvgIpc) is 2.18. The molecule has 0 radical (unpaired) electrons. The maximum absolute atomic E-state index is 5.23. The predicted octanol–water partition coefficient (Wildman–Crippen LogP) is -1.06. The molecule has 1 aromatic carbocycles. The van der Waals surface area contributed by atoms with Crippen molar-refractivity contribution in [3.8, 4) is 5.75 Å². The summed E-state index contributed by atoms with van der Waals surface area (Å²) in [7, 11) is 1.62. The monoisotopic (exact) mass is 210 g/mol. The molecule has 1 aromatic rings. The van der Waals surface area contributed by atoms with Crippen LogP contribution >= 0.6 is 12.2 Å². The second kappa shape index (κ2) is 5.18. The van der Waals surface area contributed by atoms with Crippen LogP contribution in [0.5, 0.6) is 5.75 Å². The van der Waals surface area contributed by atoms with Crippen LogP contribution in [-0.2, 0) is 0 Å². The van der Waals surface area contributed by atoms with Gasteiger partial charge in [0, 0.05) is 0 Å². The number of methoxy groups -OCH3 is 1. The van der Waals surface area contributed by atoms with Gasteiger partial charge in [-0.2, -0.15) is 0 Å². The SMILES string of the molecule is COc1ccccc1C=[NH+]NC(N)=S. The first-order valence-corrected chi connectivity index (χ1v) is 4.42. The number of thiocarbonyl (C=S) groups is 1. The van der Waals surface area contributed by atoms with Gasteiger partial charge in [0.2, 0.25) is 11.3 Å². The van der Waals surface area contributed by atoms with Crippen LogP contribution in [0.15, 0.2) is 24.3 Å². The van der Waals surface area contributed by atoms with Crippen LogP contribution in [0, 0.1) is 0 Å². The highest BCUT2D eigenvalue weighted by Crippen LogP contribution is 2.13. The van der Waals surface area contributed by atoms with Gasteiger partial charge in [-0.05, 0) is 24.4 Å². The molecule has 4 N–H and O–H groups in total. The van der Waals surface area contributed by atoms with E-state index >= 15 is 0 Å². The molecule has 0 saturated heterocycles. The lowest BCUT2D eigenvalue weighted by Crippen LogP contribution is -2.82. The van der Waals surface area contributed by atoms with Crippen molar-refractivity contribution in [2.45, 2.75) is 0 Å². The predicted molar refractivity (Wildman–Crippen MR) is 59.0 cm³/mol. The van der Waals surface area contributed by atoms with Crippen molar-refractivity contribution in [3.05, 3.63) is 29.8 Å². The highest BCUT2D eigenvalue weighted by molar-refractivity contribution is 7.80. The fourth-order valence-corrected chi connectivity index (χ4v) is 1.03. The second-order valence-corrected chi connectivity index (χ2v) is 2.96. The maximum atomic E-state index is 5.23. The van der Waals surface area contributed by atoms with E-state index in [2.05, 4.69) is 22.7 Å². The van der Waals surface area contributed by atoms with Gasteiger partial charge in [-0.15, -0.1) is 10.5 Å². The smallest absolute Gasteiger partial charge is 0.221 e. The first-order valence-electron chi connectivity index (χ1n) is 4.01. The van der Waals surface area contributed by atoms with Crippen LogP contribution in [0.4, 0.5) is 0 Å². The normalized spacial score (nSPS) is 10.1. The Morgan fingerprint density at radius 3 is 2.93 bits per heavy atom. The van der Waals surface area contributed by atoms with Gasteiger partial charge in [-0.3, -0.25) is 0 Å². The largest absolute Gasteiger partial charge is 0.496 e.